The lowest BCUT2D eigenvalue weighted by atomic mass is 9.79. The first kappa shape index (κ1) is 15.0. The molecule has 0 amide bonds. The molecule has 0 saturated carbocycles. The van der Waals surface area contributed by atoms with E-state index in [-0.39, 0.29) is 17.5 Å². The lowest BCUT2D eigenvalue weighted by molar-refractivity contribution is -0.149. The van der Waals surface area contributed by atoms with Crippen LogP contribution in [0, 0.1) is 5.41 Å². The number of cyclic esters (lactones) is 1. The van der Waals surface area contributed by atoms with E-state index in [0.717, 1.165) is 25.7 Å². The molecule has 3 nitrogen and oxygen atoms in total. The van der Waals surface area contributed by atoms with E-state index in [0.29, 0.717) is 13.2 Å². The van der Waals surface area contributed by atoms with Crippen LogP contribution >= 0.6 is 0 Å². The van der Waals surface area contributed by atoms with Gasteiger partial charge in [-0.1, -0.05) is 44.2 Å². The Bertz CT molecular complexity index is 423. The molecule has 1 saturated heterocycles. The summed E-state index contributed by atoms with van der Waals surface area (Å²) >= 11 is 0. The van der Waals surface area contributed by atoms with E-state index >= 15 is 0 Å². The van der Waals surface area contributed by atoms with E-state index in [4.69, 9.17) is 9.47 Å². The van der Waals surface area contributed by atoms with Crippen molar-refractivity contribution in [3.8, 4) is 0 Å². The van der Waals surface area contributed by atoms with Crippen LogP contribution in [0.1, 0.15) is 45.1 Å². The Morgan fingerprint density at radius 2 is 1.95 bits per heavy atom. The Hall–Kier alpha value is -1.35. The minimum Gasteiger partial charge on any atom is -0.462 e. The maximum atomic E-state index is 12.0. The van der Waals surface area contributed by atoms with Crippen LogP contribution in [0.2, 0.25) is 0 Å². The van der Waals surface area contributed by atoms with Gasteiger partial charge < -0.3 is 9.47 Å². The van der Waals surface area contributed by atoms with Crippen molar-refractivity contribution in [2.75, 3.05) is 6.61 Å². The number of carbonyl (C=O) groups is 1. The summed E-state index contributed by atoms with van der Waals surface area (Å²) in [5.74, 6) is -0.0180. The average molecular weight is 276 g/mol. The molecular weight excluding hydrogens is 252 g/mol. The highest BCUT2D eigenvalue weighted by atomic mass is 16.6. The second-order valence-electron chi connectivity index (χ2n) is 5.55. The molecule has 0 aromatic heterocycles. The zero-order valence-electron chi connectivity index (χ0n) is 12.4. The van der Waals surface area contributed by atoms with Gasteiger partial charge in [0.1, 0.15) is 6.10 Å². The summed E-state index contributed by atoms with van der Waals surface area (Å²) in [5.41, 5.74) is 0.928. The van der Waals surface area contributed by atoms with Gasteiger partial charge in [-0.05, 0) is 18.4 Å². The van der Waals surface area contributed by atoms with Gasteiger partial charge in [0.25, 0.3) is 0 Å². The normalized spacial score (nSPS) is 20.9. The molecule has 0 bridgehead atoms. The van der Waals surface area contributed by atoms with E-state index in [9.17, 15) is 4.79 Å². The van der Waals surface area contributed by atoms with Crippen molar-refractivity contribution >= 4 is 5.97 Å². The molecule has 1 atom stereocenters. The third-order valence-electron chi connectivity index (χ3n) is 4.37. The van der Waals surface area contributed by atoms with E-state index < -0.39 is 0 Å². The lowest BCUT2D eigenvalue weighted by Crippen LogP contribution is -2.24. The summed E-state index contributed by atoms with van der Waals surface area (Å²) in [6.45, 7) is 5.39. The largest absolute Gasteiger partial charge is 0.462 e. The number of rotatable bonds is 7. The molecule has 20 heavy (non-hydrogen) atoms. The number of ether oxygens (including phenoxy) is 2. The fourth-order valence-electron chi connectivity index (χ4n) is 2.80. The van der Waals surface area contributed by atoms with Crippen LogP contribution in [-0.4, -0.2) is 18.7 Å². The maximum Gasteiger partial charge on any atom is 0.312 e. The molecule has 1 unspecified atom stereocenters. The van der Waals surface area contributed by atoms with Gasteiger partial charge >= 0.3 is 5.97 Å². The first-order chi connectivity index (χ1) is 9.70. The molecule has 1 aliphatic rings. The summed E-state index contributed by atoms with van der Waals surface area (Å²) < 4.78 is 11.2. The SMILES string of the molecule is CCC1(CC)CC(CCOCc2ccccc2)OC1=O. The number of hydrogen-bond donors (Lipinski definition) is 0. The van der Waals surface area contributed by atoms with Crippen LogP contribution in [0.25, 0.3) is 0 Å². The van der Waals surface area contributed by atoms with Gasteiger partial charge in [0, 0.05) is 12.8 Å². The van der Waals surface area contributed by atoms with Crippen LogP contribution in [0.3, 0.4) is 0 Å². The van der Waals surface area contributed by atoms with E-state index in [1.807, 2.05) is 18.2 Å². The van der Waals surface area contributed by atoms with Gasteiger partial charge in [-0.2, -0.15) is 0 Å². The van der Waals surface area contributed by atoms with E-state index in [1.54, 1.807) is 0 Å². The van der Waals surface area contributed by atoms with Crippen LogP contribution in [0.15, 0.2) is 30.3 Å². The van der Waals surface area contributed by atoms with Crippen molar-refractivity contribution < 1.29 is 14.3 Å². The summed E-state index contributed by atoms with van der Waals surface area (Å²) in [4.78, 5) is 12.0. The molecule has 1 fully saturated rings. The summed E-state index contributed by atoms with van der Waals surface area (Å²) in [6, 6.07) is 10.1. The van der Waals surface area contributed by atoms with Crippen molar-refractivity contribution in [3.63, 3.8) is 0 Å². The molecular formula is C17H24O3. The number of hydrogen-bond acceptors (Lipinski definition) is 3. The van der Waals surface area contributed by atoms with Crippen molar-refractivity contribution in [1.29, 1.82) is 0 Å². The van der Waals surface area contributed by atoms with Gasteiger partial charge in [0.05, 0.1) is 18.6 Å². The Kier molecular flexibility index (Phi) is 5.18. The molecule has 1 aromatic rings. The Morgan fingerprint density at radius 3 is 2.55 bits per heavy atom. The number of carbonyl (C=O) groups excluding carboxylic acids is 1. The molecule has 0 aliphatic carbocycles. The standard InChI is InChI=1S/C17H24O3/c1-3-17(4-2)12-15(20-16(17)18)10-11-19-13-14-8-6-5-7-9-14/h5-9,15H,3-4,10-13H2,1-2H3. The number of esters is 1. The predicted octanol–water partition coefficient (Wildman–Crippen LogP) is 3.72. The first-order valence-electron chi connectivity index (χ1n) is 7.53. The van der Waals surface area contributed by atoms with Crippen molar-refractivity contribution in [3.05, 3.63) is 35.9 Å². The van der Waals surface area contributed by atoms with Gasteiger partial charge in [0.15, 0.2) is 0 Å². The van der Waals surface area contributed by atoms with Crippen LogP contribution in [-0.2, 0) is 20.9 Å². The molecule has 110 valence electrons. The third-order valence-corrected chi connectivity index (χ3v) is 4.37. The van der Waals surface area contributed by atoms with Gasteiger partial charge in [-0.25, -0.2) is 0 Å². The molecule has 1 aromatic carbocycles. The minimum atomic E-state index is -0.246. The zero-order chi connectivity index (χ0) is 14.4. The molecule has 1 heterocycles. The highest BCUT2D eigenvalue weighted by molar-refractivity contribution is 5.78. The lowest BCUT2D eigenvalue weighted by Gasteiger charge is -2.20. The van der Waals surface area contributed by atoms with Gasteiger partial charge in [-0.15, -0.1) is 0 Å². The first-order valence-corrected chi connectivity index (χ1v) is 7.53. The number of benzene rings is 1. The van der Waals surface area contributed by atoms with E-state index in [2.05, 4.69) is 26.0 Å². The average Bonchev–Trinajstić information content (AvgIpc) is 2.81. The van der Waals surface area contributed by atoms with E-state index in [1.165, 1.54) is 5.56 Å². The highest BCUT2D eigenvalue weighted by Crippen LogP contribution is 2.41. The van der Waals surface area contributed by atoms with Crippen LogP contribution in [0.4, 0.5) is 0 Å². The van der Waals surface area contributed by atoms with Crippen molar-refractivity contribution in [2.45, 2.75) is 52.2 Å². The fraction of sp³-hybridized carbons (Fsp3) is 0.588. The maximum absolute atomic E-state index is 12.0. The smallest absolute Gasteiger partial charge is 0.312 e. The van der Waals surface area contributed by atoms with Gasteiger partial charge in [-0.3, -0.25) is 4.79 Å². The summed E-state index contributed by atoms with van der Waals surface area (Å²) in [5, 5.41) is 0. The quantitative estimate of drug-likeness (QED) is 0.562. The van der Waals surface area contributed by atoms with Crippen molar-refractivity contribution in [2.24, 2.45) is 5.41 Å². The minimum absolute atomic E-state index is 0.0180. The molecule has 0 radical (unpaired) electrons. The van der Waals surface area contributed by atoms with Crippen molar-refractivity contribution in [1.82, 2.24) is 0 Å². The summed E-state index contributed by atoms with van der Waals surface area (Å²) in [6.07, 6.45) is 3.39. The predicted molar refractivity (Wildman–Crippen MR) is 78.2 cm³/mol. The second-order valence-corrected chi connectivity index (χ2v) is 5.55. The fourth-order valence-corrected chi connectivity index (χ4v) is 2.80. The molecule has 2 rings (SSSR count). The van der Waals surface area contributed by atoms with Crippen LogP contribution < -0.4 is 0 Å². The molecule has 0 N–H and O–H groups in total. The topological polar surface area (TPSA) is 35.5 Å². The highest BCUT2D eigenvalue weighted by Gasteiger charge is 2.45. The third kappa shape index (κ3) is 3.40. The Morgan fingerprint density at radius 1 is 1.25 bits per heavy atom. The zero-order valence-corrected chi connectivity index (χ0v) is 12.4. The monoisotopic (exact) mass is 276 g/mol. The molecule has 3 heteroatoms. The van der Waals surface area contributed by atoms with Crippen LogP contribution in [0.5, 0.6) is 0 Å². The Balaban J connectivity index is 1.72. The molecule has 1 aliphatic heterocycles. The molecule has 0 spiro atoms. The summed E-state index contributed by atoms with van der Waals surface area (Å²) in [7, 11) is 0. The Labute approximate surface area is 121 Å². The second kappa shape index (κ2) is 6.89. The van der Waals surface area contributed by atoms with Gasteiger partial charge in [0.2, 0.25) is 0 Å².